The third kappa shape index (κ3) is 5.12. The standard InChI is InChI=1S/C53H36N2O/c1-53(2)45-21-12-20-43(51(45)44-29-36-15-6-7-16-37(36)30-46(44)53)39-17-8-9-18-40(39)48-32-47(54-52(55-48)35-13-4-3-5-14-35)34-25-23-33(24-26-34)38-27-28-42-41-19-10-11-22-49(41)56-50(42)31-38/h3-32H,1-2H3. The number of rotatable bonds is 5. The van der Waals surface area contributed by atoms with Gasteiger partial charge >= 0.3 is 0 Å². The number of hydrogen-bond donors (Lipinski definition) is 0. The lowest BCUT2D eigenvalue weighted by Gasteiger charge is -2.22. The summed E-state index contributed by atoms with van der Waals surface area (Å²) in [6, 6.07) is 64.8. The van der Waals surface area contributed by atoms with Crippen LogP contribution in [0.1, 0.15) is 25.0 Å². The van der Waals surface area contributed by atoms with Crippen molar-refractivity contribution in [3.05, 3.63) is 193 Å². The Morgan fingerprint density at radius 2 is 1.04 bits per heavy atom. The minimum absolute atomic E-state index is 0.133. The van der Waals surface area contributed by atoms with Crippen molar-refractivity contribution in [2.24, 2.45) is 0 Å². The maximum Gasteiger partial charge on any atom is 0.160 e. The molecule has 0 fully saturated rings. The Balaban J connectivity index is 1.04. The summed E-state index contributed by atoms with van der Waals surface area (Å²) in [4.78, 5) is 10.5. The number of aromatic nitrogens is 2. The second-order valence-corrected chi connectivity index (χ2v) is 15.4. The van der Waals surface area contributed by atoms with Gasteiger partial charge in [-0.3, -0.25) is 0 Å². The highest BCUT2D eigenvalue weighted by atomic mass is 16.3. The molecule has 11 rings (SSSR count). The molecular formula is C53H36N2O. The van der Waals surface area contributed by atoms with E-state index in [-0.39, 0.29) is 5.41 Å². The van der Waals surface area contributed by atoms with Gasteiger partial charge in [0, 0.05) is 32.9 Å². The quantitative estimate of drug-likeness (QED) is 0.178. The van der Waals surface area contributed by atoms with Crippen LogP contribution in [0.3, 0.4) is 0 Å². The van der Waals surface area contributed by atoms with E-state index in [0.29, 0.717) is 5.82 Å². The molecule has 1 aliphatic rings. The predicted molar refractivity (Wildman–Crippen MR) is 232 cm³/mol. The van der Waals surface area contributed by atoms with E-state index in [2.05, 4.69) is 166 Å². The van der Waals surface area contributed by atoms with Gasteiger partial charge in [-0.25, -0.2) is 9.97 Å². The lowest BCUT2D eigenvalue weighted by Crippen LogP contribution is -2.14. The first-order valence-corrected chi connectivity index (χ1v) is 19.2. The van der Waals surface area contributed by atoms with Crippen molar-refractivity contribution in [1.29, 1.82) is 0 Å². The lowest BCUT2D eigenvalue weighted by molar-refractivity contribution is 0.661. The number of hydrogen-bond acceptors (Lipinski definition) is 3. The lowest BCUT2D eigenvalue weighted by atomic mass is 9.81. The minimum Gasteiger partial charge on any atom is -0.456 e. The molecule has 2 aromatic heterocycles. The summed E-state index contributed by atoms with van der Waals surface area (Å²) in [6.45, 7) is 4.71. The van der Waals surface area contributed by atoms with Crippen molar-refractivity contribution in [1.82, 2.24) is 9.97 Å². The molecule has 0 saturated heterocycles. The zero-order valence-electron chi connectivity index (χ0n) is 31.1. The van der Waals surface area contributed by atoms with Gasteiger partial charge in [-0.2, -0.15) is 0 Å². The number of furan rings is 1. The molecule has 2 heterocycles. The van der Waals surface area contributed by atoms with Crippen LogP contribution in [0.4, 0.5) is 0 Å². The zero-order chi connectivity index (χ0) is 37.4. The third-order valence-corrected chi connectivity index (χ3v) is 11.7. The van der Waals surface area contributed by atoms with E-state index in [9.17, 15) is 0 Å². The molecule has 8 aromatic carbocycles. The van der Waals surface area contributed by atoms with Crippen molar-refractivity contribution < 1.29 is 4.42 Å². The van der Waals surface area contributed by atoms with Crippen molar-refractivity contribution in [2.45, 2.75) is 19.3 Å². The van der Waals surface area contributed by atoms with Crippen LogP contribution in [-0.2, 0) is 5.41 Å². The van der Waals surface area contributed by atoms with Gasteiger partial charge in [-0.05, 0) is 91.7 Å². The van der Waals surface area contributed by atoms with Gasteiger partial charge in [0.1, 0.15) is 11.2 Å². The largest absolute Gasteiger partial charge is 0.456 e. The van der Waals surface area contributed by atoms with Gasteiger partial charge in [0.2, 0.25) is 0 Å². The molecule has 3 heteroatoms. The van der Waals surface area contributed by atoms with E-state index in [1.54, 1.807) is 0 Å². The van der Waals surface area contributed by atoms with E-state index in [1.807, 2.05) is 30.3 Å². The molecule has 0 saturated carbocycles. The molecule has 10 aromatic rings. The Bertz CT molecular complexity index is 3150. The Kier molecular flexibility index (Phi) is 7.20. The molecule has 56 heavy (non-hydrogen) atoms. The zero-order valence-corrected chi connectivity index (χ0v) is 31.1. The van der Waals surface area contributed by atoms with Crippen molar-refractivity contribution in [3.63, 3.8) is 0 Å². The maximum absolute atomic E-state index is 6.21. The van der Waals surface area contributed by atoms with Crippen molar-refractivity contribution >= 4 is 32.7 Å². The molecule has 0 spiro atoms. The fourth-order valence-corrected chi connectivity index (χ4v) is 8.83. The summed E-state index contributed by atoms with van der Waals surface area (Å²) in [5, 5.41) is 4.80. The summed E-state index contributed by atoms with van der Waals surface area (Å²) in [5.74, 6) is 0.698. The maximum atomic E-state index is 6.21. The number of nitrogens with zero attached hydrogens (tertiary/aromatic N) is 2. The molecule has 0 unspecified atom stereocenters. The van der Waals surface area contributed by atoms with Gasteiger partial charge in [0.05, 0.1) is 11.4 Å². The first-order chi connectivity index (χ1) is 27.5. The predicted octanol–water partition coefficient (Wildman–Crippen LogP) is 14.2. The molecule has 0 N–H and O–H groups in total. The third-order valence-electron chi connectivity index (χ3n) is 11.7. The normalized spacial score (nSPS) is 13.0. The Morgan fingerprint density at radius 3 is 1.88 bits per heavy atom. The van der Waals surface area contributed by atoms with Crippen LogP contribution in [0.15, 0.2) is 186 Å². The highest BCUT2D eigenvalue weighted by Gasteiger charge is 2.37. The van der Waals surface area contributed by atoms with Gasteiger partial charge < -0.3 is 4.42 Å². The summed E-state index contributed by atoms with van der Waals surface area (Å²) in [6.07, 6.45) is 0. The van der Waals surface area contributed by atoms with Gasteiger partial charge in [-0.1, -0.05) is 159 Å². The Hall–Kier alpha value is -7.10. The SMILES string of the molecule is CC1(C)c2cc3ccccc3cc2-c2c(-c3ccccc3-c3cc(-c4ccc(-c5ccc6c(c5)oc5ccccc56)cc4)nc(-c4ccccc4)n3)cccc21. The highest BCUT2D eigenvalue weighted by molar-refractivity contribution is 6.06. The topological polar surface area (TPSA) is 38.9 Å². The van der Waals surface area contributed by atoms with Gasteiger partial charge in [-0.15, -0.1) is 0 Å². The number of para-hydroxylation sites is 1. The molecule has 0 radical (unpaired) electrons. The molecule has 0 bridgehead atoms. The van der Waals surface area contributed by atoms with Crippen molar-refractivity contribution in [2.75, 3.05) is 0 Å². The first-order valence-electron chi connectivity index (χ1n) is 19.2. The van der Waals surface area contributed by atoms with E-state index in [0.717, 1.165) is 66.7 Å². The summed E-state index contributed by atoms with van der Waals surface area (Å²) < 4.78 is 6.21. The van der Waals surface area contributed by atoms with Crippen LogP contribution in [0, 0.1) is 0 Å². The minimum atomic E-state index is -0.133. The highest BCUT2D eigenvalue weighted by Crippen LogP contribution is 2.54. The van der Waals surface area contributed by atoms with Crippen LogP contribution in [0.5, 0.6) is 0 Å². The fraction of sp³-hybridized carbons (Fsp3) is 0.0566. The van der Waals surface area contributed by atoms with Gasteiger partial charge in [0.25, 0.3) is 0 Å². The van der Waals surface area contributed by atoms with E-state index >= 15 is 0 Å². The smallest absolute Gasteiger partial charge is 0.160 e. The van der Waals surface area contributed by atoms with Crippen LogP contribution in [-0.4, -0.2) is 9.97 Å². The molecule has 264 valence electrons. The molecule has 0 atom stereocenters. The molecule has 3 nitrogen and oxygen atoms in total. The molecule has 0 amide bonds. The Morgan fingerprint density at radius 1 is 0.393 bits per heavy atom. The van der Waals surface area contributed by atoms with Crippen molar-refractivity contribution in [3.8, 4) is 67.3 Å². The van der Waals surface area contributed by atoms with E-state index in [4.69, 9.17) is 14.4 Å². The average Bonchev–Trinajstić information content (AvgIpc) is 3.74. The fourth-order valence-electron chi connectivity index (χ4n) is 8.83. The summed E-state index contributed by atoms with van der Waals surface area (Å²) in [5.41, 5.74) is 16.4. The van der Waals surface area contributed by atoms with E-state index < -0.39 is 0 Å². The van der Waals surface area contributed by atoms with Crippen LogP contribution >= 0.6 is 0 Å². The second-order valence-electron chi connectivity index (χ2n) is 15.4. The number of benzene rings is 8. The first kappa shape index (κ1) is 32.3. The Labute approximate surface area is 325 Å². The van der Waals surface area contributed by atoms with E-state index in [1.165, 1.54) is 38.6 Å². The van der Waals surface area contributed by atoms with Gasteiger partial charge in [0.15, 0.2) is 5.82 Å². The van der Waals surface area contributed by atoms with Crippen LogP contribution < -0.4 is 0 Å². The number of fused-ring (bicyclic) bond motifs is 7. The molecule has 0 aliphatic heterocycles. The average molecular weight is 717 g/mol. The van der Waals surface area contributed by atoms with Crippen LogP contribution in [0.25, 0.3) is 100.0 Å². The summed E-state index contributed by atoms with van der Waals surface area (Å²) >= 11 is 0. The summed E-state index contributed by atoms with van der Waals surface area (Å²) in [7, 11) is 0. The molecular weight excluding hydrogens is 681 g/mol. The molecule has 1 aliphatic carbocycles. The monoisotopic (exact) mass is 716 g/mol. The second kappa shape index (κ2) is 12.5. The van der Waals surface area contributed by atoms with Crippen LogP contribution in [0.2, 0.25) is 0 Å².